The van der Waals surface area contributed by atoms with Crippen LogP contribution in [0.15, 0.2) is 23.8 Å². The maximum Gasteiger partial charge on any atom is 0.0430 e. The van der Waals surface area contributed by atoms with Gasteiger partial charge in [-0.3, -0.25) is 0 Å². The van der Waals surface area contributed by atoms with Crippen LogP contribution < -0.4 is 0 Å². The minimum Gasteiger partial charge on any atom is -0.122 e. The van der Waals surface area contributed by atoms with E-state index in [1.54, 1.807) is 0 Å². The maximum atomic E-state index is 5.58. The maximum absolute atomic E-state index is 5.58. The van der Waals surface area contributed by atoms with E-state index in [9.17, 15) is 0 Å². The van der Waals surface area contributed by atoms with Crippen molar-refractivity contribution >= 4 is 11.6 Å². The number of alkyl halides is 1. The molecule has 0 aliphatic rings. The van der Waals surface area contributed by atoms with E-state index in [4.69, 9.17) is 11.6 Å². The van der Waals surface area contributed by atoms with E-state index in [-0.39, 0.29) is 0 Å². The largest absolute Gasteiger partial charge is 0.122 e. The van der Waals surface area contributed by atoms with Gasteiger partial charge in [0.05, 0.1) is 0 Å². The summed E-state index contributed by atoms with van der Waals surface area (Å²) in [5.41, 5.74) is 1.27. The van der Waals surface area contributed by atoms with Crippen LogP contribution in [-0.2, 0) is 0 Å². The van der Waals surface area contributed by atoms with Gasteiger partial charge in [0.2, 0.25) is 0 Å². The van der Waals surface area contributed by atoms with Gasteiger partial charge in [0.1, 0.15) is 0 Å². The van der Waals surface area contributed by atoms with Gasteiger partial charge in [-0.1, -0.05) is 23.8 Å². The van der Waals surface area contributed by atoms with Crippen molar-refractivity contribution in [2.45, 2.75) is 26.7 Å². The Balaban J connectivity index is 3.33. The lowest BCUT2D eigenvalue weighted by Gasteiger charge is -1.91. The zero-order chi connectivity index (χ0) is 7.82. The minimum atomic E-state index is 0.663. The molecule has 0 aromatic heterocycles. The summed E-state index contributed by atoms with van der Waals surface area (Å²) < 4.78 is 0. The fraction of sp³-hybridized carbons (Fsp3) is 0.556. The van der Waals surface area contributed by atoms with Gasteiger partial charge in [0.15, 0.2) is 0 Å². The lowest BCUT2D eigenvalue weighted by Crippen LogP contribution is -1.75. The van der Waals surface area contributed by atoms with E-state index in [1.807, 2.05) is 6.92 Å². The Hall–Kier alpha value is -0.230. The molecule has 1 heteroatoms. The van der Waals surface area contributed by atoms with Gasteiger partial charge in [-0.25, -0.2) is 0 Å². The van der Waals surface area contributed by atoms with Crippen LogP contribution in [0.3, 0.4) is 0 Å². The van der Waals surface area contributed by atoms with Crippen molar-refractivity contribution < 1.29 is 0 Å². The third-order valence-electron chi connectivity index (χ3n) is 1.27. The molecular weight excluding hydrogens is 144 g/mol. The molecule has 0 fully saturated rings. The standard InChI is InChI=1S/C9H15Cl/c1-3-4-5-6-7-9(2)8-10/h3-4,7H,5-6,8H2,1-2H3/b4-3+,9-7+. The number of unbranched alkanes of at least 4 members (excludes halogenated alkanes) is 1. The van der Waals surface area contributed by atoms with Crippen molar-refractivity contribution in [1.29, 1.82) is 0 Å². The molecule has 0 aliphatic carbocycles. The Kier molecular flexibility index (Phi) is 6.73. The smallest absolute Gasteiger partial charge is 0.0430 e. The topological polar surface area (TPSA) is 0 Å². The van der Waals surface area contributed by atoms with Crippen LogP contribution in [0, 0.1) is 0 Å². The van der Waals surface area contributed by atoms with Crippen LogP contribution in [0.2, 0.25) is 0 Å². The molecule has 0 saturated heterocycles. The summed E-state index contributed by atoms with van der Waals surface area (Å²) in [7, 11) is 0. The van der Waals surface area contributed by atoms with Gasteiger partial charge in [-0.2, -0.15) is 0 Å². The second-order valence-corrected chi connectivity index (χ2v) is 2.60. The van der Waals surface area contributed by atoms with Crippen LogP contribution in [0.1, 0.15) is 26.7 Å². The van der Waals surface area contributed by atoms with Gasteiger partial charge in [-0.15, -0.1) is 11.6 Å². The monoisotopic (exact) mass is 158 g/mol. The summed E-state index contributed by atoms with van der Waals surface area (Å²) in [6.45, 7) is 4.10. The molecule has 0 spiro atoms. The highest BCUT2D eigenvalue weighted by Crippen LogP contribution is 2.00. The Morgan fingerprint density at radius 2 is 2.10 bits per heavy atom. The number of allylic oxidation sites excluding steroid dienone is 4. The molecule has 58 valence electrons. The Labute approximate surface area is 68.6 Å². The third-order valence-corrected chi connectivity index (χ3v) is 1.69. The molecule has 0 atom stereocenters. The average molecular weight is 159 g/mol. The highest BCUT2D eigenvalue weighted by atomic mass is 35.5. The summed E-state index contributed by atoms with van der Waals surface area (Å²) in [6.07, 6.45) is 8.67. The predicted octanol–water partition coefficient (Wildman–Crippen LogP) is 3.53. The molecule has 0 N–H and O–H groups in total. The van der Waals surface area contributed by atoms with Crippen molar-refractivity contribution in [1.82, 2.24) is 0 Å². The fourth-order valence-corrected chi connectivity index (χ4v) is 0.756. The second-order valence-electron chi connectivity index (χ2n) is 2.33. The molecule has 0 aromatic carbocycles. The minimum absolute atomic E-state index is 0.663. The molecule has 0 saturated carbocycles. The molecule has 0 amide bonds. The van der Waals surface area contributed by atoms with Gasteiger partial charge in [-0.05, 0) is 26.7 Å². The molecule has 0 nitrogen and oxygen atoms in total. The number of hydrogen-bond acceptors (Lipinski definition) is 0. The highest BCUT2D eigenvalue weighted by Gasteiger charge is 1.82. The van der Waals surface area contributed by atoms with E-state index < -0.39 is 0 Å². The molecule has 0 aromatic rings. The highest BCUT2D eigenvalue weighted by molar-refractivity contribution is 6.19. The van der Waals surface area contributed by atoms with Crippen LogP contribution in [0.5, 0.6) is 0 Å². The van der Waals surface area contributed by atoms with Crippen LogP contribution >= 0.6 is 11.6 Å². The molecule has 0 rings (SSSR count). The van der Waals surface area contributed by atoms with E-state index in [2.05, 4.69) is 25.2 Å². The number of hydrogen-bond donors (Lipinski definition) is 0. The van der Waals surface area contributed by atoms with Crippen LogP contribution in [0.4, 0.5) is 0 Å². The second kappa shape index (κ2) is 6.88. The first-order valence-corrected chi connectivity index (χ1v) is 4.17. The molecule has 0 aliphatic heterocycles. The van der Waals surface area contributed by atoms with E-state index in [0.717, 1.165) is 12.8 Å². The molecule has 10 heavy (non-hydrogen) atoms. The first-order chi connectivity index (χ1) is 4.81. The fourth-order valence-electron chi connectivity index (χ4n) is 0.647. The first kappa shape index (κ1) is 9.77. The summed E-state index contributed by atoms with van der Waals surface area (Å²) in [5, 5.41) is 0. The molecule has 0 unspecified atom stereocenters. The zero-order valence-electron chi connectivity index (χ0n) is 6.73. The van der Waals surface area contributed by atoms with Crippen molar-refractivity contribution in [3.63, 3.8) is 0 Å². The quantitative estimate of drug-likeness (QED) is 0.334. The Bertz CT molecular complexity index is 123. The SMILES string of the molecule is C/C=C/CC/C=C(\C)CCl. The van der Waals surface area contributed by atoms with E-state index in [1.165, 1.54) is 5.57 Å². The number of halogens is 1. The molecule has 0 bridgehead atoms. The lowest BCUT2D eigenvalue weighted by atomic mass is 10.2. The first-order valence-electron chi connectivity index (χ1n) is 3.64. The van der Waals surface area contributed by atoms with Gasteiger partial charge < -0.3 is 0 Å². The van der Waals surface area contributed by atoms with Crippen molar-refractivity contribution in [3.8, 4) is 0 Å². The van der Waals surface area contributed by atoms with Gasteiger partial charge in [0, 0.05) is 5.88 Å². The van der Waals surface area contributed by atoms with Gasteiger partial charge >= 0.3 is 0 Å². The van der Waals surface area contributed by atoms with Crippen LogP contribution in [0.25, 0.3) is 0 Å². The van der Waals surface area contributed by atoms with Crippen molar-refractivity contribution in [2.24, 2.45) is 0 Å². The summed E-state index contributed by atoms with van der Waals surface area (Å²) in [5.74, 6) is 0.663. The van der Waals surface area contributed by atoms with Crippen molar-refractivity contribution in [2.75, 3.05) is 5.88 Å². The summed E-state index contributed by atoms with van der Waals surface area (Å²) >= 11 is 5.58. The molecule has 0 radical (unpaired) electrons. The average Bonchev–Trinajstić information content (AvgIpc) is 1.98. The third kappa shape index (κ3) is 5.90. The molecule has 0 heterocycles. The lowest BCUT2D eigenvalue weighted by molar-refractivity contribution is 1.03. The van der Waals surface area contributed by atoms with E-state index >= 15 is 0 Å². The zero-order valence-corrected chi connectivity index (χ0v) is 7.49. The van der Waals surface area contributed by atoms with Crippen molar-refractivity contribution in [3.05, 3.63) is 23.8 Å². The summed E-state index contributed by atoms with van der Waals surface area (Å²) in [6, 6.07) is 0. The Morgan fingerprint density at radius 3 is 2.60 bits per heavy atom. The normalized spacial score (nSPS) is 12.9. The van der Waals surface area contributed by atoms with Gasteiger partial charge in [0.25, 0.3) is 0 Å². The molecular formula is C9H15Cl. The van der Waals surface area contributed by atoms with E-state index in [0.29, 0.717) is 5.88 Å². The summed E-state index contributed by atoms with van der Waals surface area (Å²) in [4.78, 5) is 0. The predicted molar refractivity (Wildman–Crippen MR) is 48.5 cm³/mol. The van der Waals surface area contributed by atoms with Crippen LogP contribution in [-0.4, -0.2) is 5.88 Å². The number of rotatable bonds is 4. The Morgan fingerprint density at radius 1 is 1.40 bits per heavy atom.